The molecule has 0 radical (unpaired) electrons. The van der Waals surface area contributed by atoms with E-state index in [4.69, 9.17) is 9.47 Å². The summed E-state index contributed by atoms with van der Waals surface area (Å²) in [5.41, 5.74) is 4.52. The van der Waals surface area contributed by atoms with E-state index in [2.05, 4.69) is 21.5 Å². The Labute approximate surface area is 168 Å². The second-order valence-corrected chi connectivity index (χ2v) is 7.14. The lowest BCUT2D eigenvalue weighted by Gasteiger charge is -2.29. The van der Waals surface area contributed by atoms with Crippen molar-refractivity contribution in [3.8, 4) is 22.9 Å². The number of para-hydroxylation sites is 1. The highest BCUT2D eigenvalue weighted by molar-refractivity contribution is 5.96. The van der Waals surface area contributed by atoms with Crippen LogP contribution in [0.3, 0.4) is 0 Å². The molecule has 146 valence electrons. The summed E-state index contributed by atoms with van der Waals surface area (Å²) in [6.07, 6.45) is 4.19. The molecule has 0 saturated heterocycles. The summed E-state index contributed by atoms with van der Waals surface area (Å²) >= 11 is 0. The van der Waals surface area contributed by atoms with E-state index in [0.717, 1.165) is 33.8 Å². The fraction of sp³-hybridized carbons (Fsp3) is 0.227. The molecule has 2 aliphatic rings. The lowest BCUT2D eigenvalue weighted by Crippen LogP contribution is -2.27. The van der Waals surface area contributed by atoms with Crippen LogP contribution in [0.4, 0.5) is 5.82 Å². The molecule has 7 nitrogen and oxygen atoms in total. The van der Waals surface area contributed by atoms with Crippen molar-refractivity contribution in [3.05, 3.63) is 59.3 Å². The van der Waals surface area contributed by atoms with E-state index < -0.39 is 0 Å². The molecule has 4 heterocycles. The number of methoxy groups -OCH3 is 1. The number of amides is 1. The molecule has 2 aliphatic heterocycles. The van der Waals surface area contributed by atoms with Gasteiger partial charge in [-0.25, -0.2) is 0 Å². The van der Waals surface area contributed by atoms with Gasteiger partial charge < -0.3 is 14.8 Å². The second-order valence-electron chi connectivity index (χ2n) is 7.14. The number of aromatic nitrogens is 3. The van der Waals surface area contributed by atoms with Crippen LogP contribution in [0.5, 0.6) is 11.5 Å². The van der Waals surface area contributed by atoms with E-state index in [1.54, 1.807) is 18.0 Å². The van der Waals surface area contributed by atoms with Crippen LogP contribution in [0.15, 0.2) is 48.2 Å². The summed E-state index contributed by atoms with van der Waals surface area (Å²) in [4.78, 5) is 16.9. The summed E-state index contributed by atoms with van der Waals surface area (Å²) in [6, 6.07) is 11.5. The van der Waals surface area contributed by atoms with Crippen molar-refractivity contribution < 1.29 is 14.3 Å². The van der Waals surface area contributed by atoms with Crippen molar-refractivity contribution in [1.82, 2.24) is 14.8 Å². The highest BCUT2D eigenvalue weighted by atomic mass is 16.5. The Hall–Kier alpha value is -3.61. The van der Waals surface area contributed by atoms with Gasteiger partial charge in [0.2, 0.25) is 5.91 Å². The predicted octanol–water partition coefficient (Wildman–Crippen LogP) is 3.39. The number of hydrogen-bond donors (Lipinski definition) is 1. The summed E-state index contributed by atoms with van der Waals surface area (Å²) in [5.74, 6) is 1.98. The SMILES string of the molecule is COc1cccc2c1OCC([C@H]1CC(=O)Nc3c1c(-c1ccccn1)nn3C)=C2. The van der Waals surface area contributed by atoms with Crippen LogP contribution in [0.2, 0.25) is 0 Å². The molecule has 1 atom stereocenters. The molecule has 1 amide bonds. The van der Waals surface area contributed by atoms with Crippen LogP contribution < -0.4 is 14.8 Å². The van der Waals surface area contributed by atoms with Crippen molar-refractivity contribution in [2.24, 2.45) is 7.05 Å². The third-order valence-corrected chi connectivity index (χ3v) is 5.39. The van der Waals surface area contributed by atoms with Gasteiger partial charge >= 0.3 is 0 Å². The van der Waals surface area contributed by atoms with E-state index in [9.17, 15) is 4.79 Å². The number of carbonyl (C=O) groups excluding carboxylic acids is 1. The summed E-state index contributed by atoms with van der Waals surface area (Å²) < 4.78 is 13.2. The van der Waals surface area contributed by atoms with Crippen molar-refractivity contribution in [3.63, 3.8) is 0 Å². The molecule has 29 heavy (non-hydrogen) atoms. The van der Waals surface area contributed by atoms with E-state index in [1.165, 1.54) is 0 Å². The number of anilines is 1. The standard InChI is InChI=1S/C22H20N4O3/c1-26-22-19(20(25-26)16-7-3-4-9-23-16)15(11-18(27)24-22)14-10-13-6-5-8-17(28-2)21(13)29-12-14/h3-10,15H,11-12H2,1-2H3,(H,24,27)/t15-/m1/s1. The molecule has 0 unspecified atom stereocenters. The lowest BCUT2D eigenvalue weighted by molar-refractivity contribution is -0.116. The van der Waals surface area contributed by atoms with Crippen LogP contribution >= 0.6 is 0 Å². The van der Waals surface area contributed by atoms with Crippen LogP contribution in [-0.4, -0.2) is 34.4 Å². The topological polar surface area (TPSA) is 78.3 Å². The first-order valence-corrected chi connectivity index (χ1v) is 9.44. The number of nitrogens with one attached hydrogen (secondary N) is 1. The maximum atomic E-state index is 12.5. The Balaban J connectivity index is 1.65. The zero-order chi connectivity index (χ0) is 20.0. The van der Waals surface area contributed by atoms with Gasteiger partial charge in [0, 0.05) is 36.7 Å². The van der Waals surface area contributed by atoms with Gasteiger partial charge in [0.15, 0.2) is 11.5 Å². The number of aryl methyl sites for hydroxylation is 1. The second kappa shape index (κ2) is 6.77. The van der Waals surface area contributed by atoms with Crippen LogP contribution in [0.1, 0.15) is 23.5 Å². The quantitative estimate of drug-likeness (QED) is 0.744. The molecule has 1 N–H and O–H groups in total. The van der Waals surface area contributed by atoms with Crippen LogP contribution in [0, 0.1) is 0 Å². The summed E-state index contributed by atoms with van der Waals surface area (Å²) in [5, 5.41) is 7.64. The first-order valence-electron chi connectivity index (χ1n) is 9.44. The van der Waals surface area contributed by atoms with Gasteiger partial charge in [-0.2, -0.15) is 5.10 Å². The summed E-state index contributed by atoms with van der Waals surface area (Å²) in [7, 11) is 3.46. The molecule has 3 aromatic rings. The third kappa shape index (κ3) is 2.86. The number of nitrogens with zero attached hydrogens (tertiary/aromatic N) is 3. The molecule has 0 aliphatic carbocycles. The molecule has 2 aromatic heterocycles. The number of rotatable bonds is 3. The molecule has 5 rings (SSSR count). The van der Waals surface area contributed by atoms with Crippen molar-refractivity contribution in [2.45, 2.75) is 12.3 Å². The predicted molar refractivity (Wildman–Crippen MR) is 109 cm³/mol. The zero-order valence-electron chi connectivity index (χ0n) is 16.2. The van der Waals surface area contributed by atoms with Crippen LogP contribution in [0.25, 0.3) is 17.5 Å². The average Bonchev–Trinajstić information content (AvgIpc) is 3.09. The number of benzene rings is 1. The molecule has 0 saturated carbocycles. The molecule has 0 fully saturated rings. The minimum Gasteiger partial charge on any atom is -0.493 e. The van der Waals surface area contributed by atoms with Crippen molar-refractivity contribution >= 4 is 17.8 Å². The van der Waals surface area contributed by atoms with Gasteiger partial charge in [-0.1, -0.05) is 18.2 Å². The van der Waals surface area contributed by atoms with E-state index in [1.807, 2.05) is 43.4 Å². The van der Waals surface area contributed by atoms with Gasteiger partial charge in [0.25, 0.3) is 0 Å². The Morgan fingerprint density at radius 2 is 2.14 bits per heavy atom. The lowest BCUT2D eigenvalue weighted by atomic mass is 9.83. The maximum Gasteiger partial charge on any atom is 0.226 e. The molecular formula is C22H20N4O3. The molecule has 0 bridgehead atoms. The van der Waals surface area contributed by atoms with Crippen molar-refractivity contribution in [2.75, 3.05) is 19.0 Å². The van der Waals surface area contributed by atoms with E-state index in [0.29, 0.717) is 24.6 Å². The maximum absolute atomic E-state index is 12.5. The number of ether oxygens (including phenoxy) is 2. The van der Waals surface area contributed by atoms with Gasteiger partial charge in [-0.05, 0) is 29.8 Å². The smallest absolute Gasteiger partial charge is 0.226 e. The largest absolute Gasteiger partial charge is 0.493 e. The zero-order valence-corrected chi connectivity index (χ0v) is 16.2. The number of fused-ring (bicyclic) bond motifs is 2. The Morgan fingerprint density at radius 3 is 2.93 bits per heavy atom. The first-order chi connectivity index (χ1) is 14.2. The van der Waals surface area contributed by atoms with Gasteiger partial charge in [-0.15, -0.1) is 0 Å². The monoisotopic (exact) mass is 388 g/mol. The van der Waals surface area contributed by atoms with Gasteiger partial charge in [-0.3, -0.25) is 14.5 Å². The minimum atomic E-state index is -0.135. The Morgan fingerprint density at radius 1 is 1.24 bits per heavy atom. The first kappa shape index (κ1) is 17.5. The highest BCUT2D eigenvalue weighted by Crippen LogP contribution is 2.45. The molecule has 0 spiro atoms. The molecule has 7 heteroatoms. The van der Waals surface area contributed by atoms with Gasteiger partial charge in [0.05, 0.1) is 12.8 Å². The highest BCUT2D eigenvalue weighted by Gasteiger charge is 2.36. The third-order valence-electron chi connectivity index (χ3n) is 5.39. The van der Waals surface area contributed by atoms with Gasteiger partial charge in [0.1, 0.15) is 18.1 Å². The normalized spacial score (nSPS) is 17.5. The van der Waals surface area contributed by atoms with Crippen LogP contribution in [-0.2, 0) is 11.8 Å². The fourth-order valence-corrected chi connectivity index (χ4v) is 4.06. The Kier molecular flexibility index (Phi) is 4.08. The number of pyridine rings is 1. The minimum absolute atomic E-state index is 0.0320. The molecule has 1 aromatic carbocycles. The number of carbonyl (C=O) groups is 1. The molecular weight excluding hydrogens is 368 g/mol. The average molecular weight is 388 g/mol. The fourth-order valence-electron chi connectivity index (χ4n) is 4.06. The summed E-state index contributed by atoms with van der Waals surface area (Å²) in [6.45, 7) is 0.390. The number of hydrogen-bond acceptors (Lipinski definition) is 5. The van der Waals surface area contributed by atoms with E-state index in [-0.39, 0.29) is 11.8 Å². The Bertz CT molecular complexity index is 1130. The van der Waals surface area contributed by atoms with E-state index >= 15 is 0 Å². The van der Waals surface area contributed by atoms with Crippen molar-refractivity contribution in [1.29, 1.82) is 0 Å².